The molecule has 1 saturated carbocycles. The summed E-state index contributed by atoms with van der Waals surface area (Å²) in [4.78, 5) is 0. The zero-order chi connectivity index (χ0) is 12.0. The van der Waals surface area contributed by atoms with E-state index in [-0.39, 0.29) is 5.41 Å². The van der Waals surface area contributed by atoms with Crippen LogP contribution in [0.5, 0.6) is 0 Å². The van der Waals surface area contributed by atoms with Gasteiger partial charge in [-0.3, -0.25) is 0 Å². The van der Waals surface area contributed by atoms with E-state index in [0.29, 0.717) is 19.3 Å². The smallest absolute Gasteiger partial charge is 0.0703 e. The van der Waals surface area contributed by atoms with Crippen molar-refractivity contribution in [2.24, 2.45) is 5.41 Å². The summed E-state index contributed by atoms with van der Waals surface area (Å²) in [5.74, 6) is 0. The molecule has 1 N–H and O–H groups in total. The van der Waals surface area contributed by atoms with Crippen molar-refractivity contribution in [1.82, 2.24) is 5.32 Å². The van der Waals surface area contributed by atoms with E-state index in [1.807, 2.05) is 13.8 Å². The van der Waals surface area contributed by atoms with Crippen LogP contribution >= 0.6 is 0 Å². The molecule has 0 amide bonds. The highest BCUT2D eigenvalue weighted by molar-refractivity contribution is 4.83. The molecule has 0 aromatic carbocycles. The molecule has 0 aromatic heterocycles. The zero-order valence-electron chi connectivity index (χ0n) is 11.2. The molecule has 96 valence electrons. The lowest BCUT2D eigenvalue weighted by atomic mass is 9.95. The van der Waals surface area contributed by atoms with Crippen molar-refractivity contribution in [2.45, 2.75) is 52.7 Å². The lowest BCUT2D eigenvalue weighted by molar-refractivity contribution is -0.00327. The van der Waals surface area contributed by atoms with Gasteiger partial charge in [-0.2, -0.15) is 0 Å². The third-order valence-corrected chi connectivity index (χ3v) is 2.62. The molecule has 1 fully saturated rings. The minimum atomic E-state index is 0.223. The van der Waals surface area contributed by atoms with Gasteiger partial charge in [0.25, 0.3) is 0 Å². The first-order chi connectivity index (χ1) is 7.49. The topological polar surface area (TPSA) is 30.5 Å². The Kier molecular flexibility index (Phi) is 5.73. The molecule has 3 nitrogen and oxygen atoms in total. The van der Waals surface area contributed by atoms with Gasteiger partial charge in [-0.15, -0.1) is 0 Å². The van der Waals surface area contributed by atoms with Crippen molar-refractivity contribution in [1.29, 1.82) is 0 Å². The van der Waals surface area contributed by atoms with Crippen LogP contribution in [0.4, 0.5) is 0 Å². The maximum absolute atomic E-state index is 5.64. The highest BCUT2D eigenvalue weighted by Crippen LogP contribution is 2.21. The largest absolute Gasteiger partial charge is 0.378 e. The van der Waals surface area contributed by atoms with Gasteiger partial charge in [0, 0.05) is 18.0 Å². The Bertz CT molecular complexity index is 188. The molecule has 16 heavy (non-hydrogen) atoms. The van der Waals surface area contributed by atoms with Crippen LogP contribution in [0.1, 0.15) is 40.5 Å². The highest BCUT2D eigenvalue weighted by Gasteiger charge is 2.25. The Morgan fingerprint density at radius 1 is 1.25 bits per heavy atom. The second-order valence-electron chi connectivity index (χ2n) is 5.79. The van der Waals surface area contributed by atoms with E-state index in [9.17, 15) is 0 Å². The molecule has 0 radical (unpaired) electrons. The first-order valence-electron chi connectivity index (χ1n) is 6.42. The van der Waals surface area contributed by atoms with E-state index in [0.717, 1.165) is 19.2 Å². The van der Waals surface area contributed by atoms with Crippen molar-refractivity contribution >= 4 is 0 Å². The van der Waals surface area contributed by atoms with Crippen LogP contribution in [0.25, 0.3) is 0 Å². The molecule has 0 bridgehead atoms. The number of hydrogen-bond donors (Lipinski definition) is 1. The molecule has 0 heterocycles. The number of ether oxygens (including phenoxy) is 2. The summed E-state index contributed by atoms with van der Waals surface area (Å²) in [5, 5.41) is 3.54. The monoisotopic (exact) mass is 229 g/mol. The summed E-state index contributed by atoms with van der Waals surface area (Å²) in [5.41, 5.74) is 0.223. The first kappa shape index (κ1) is 13.9. The number of rotatable bonds is 9. The fourth-order valence-electron chi connectivity index (χ4n) is 1.45. The summed E-state index contributed by atoms with van der Waals surface area (Å²) < 4.78 is 11.1. The molecule has 3 heteroatoms. The van der Waals surface area contributed by atoms with Crippen LogP contribution in [0, 0.1) is 5.41 Å². The summed E-state index contributed by atoms with van der Waals surface area (Å²) in [7, 11) is 0. The van der Waals surface area contributed by atoms with Crippen molar-refractivity contribution in [2.75, 3.05) is 26.4 Å². The molecule has 0 aliphatic heterocycles. The summed E-state index contributed by atoms with van der Waals surface area (Å²) in [6.07, 6.45) is 2.99. The van der Waals surface area contributed by atoms with E-state index >= 15 is 0 Å². The van der Waals surface area contributed by atoms with E-state index in [1.165, 1.54) is 12.8 Å². The second kappa shape index (κ2) is 6.58. The minimum Gasteiger partial charge on any atom is -0.378 e. The van der Waals surface area contributed by atoms with E-state index < -0.39 is 0 Å². The quantitative estimate of drug-likeness (QED) is 0.615. The summed E-state index contributed by atoms with van der Waals surface area (Å²) >= 11 is 0. The Morgan fingerprint density at radius 3 is 2.50 bits per heavy atom. The fraction of sp³-hybridized carbons (Fsp3) is 1.00. The molecule has 0 saturated heterocycles. The normalized spacial score (nSPS) is 17.1. The highest BCUT2D eigenvalue weighted by atomic mass is 16.5. The third-order valence-electron chi connectivity index (χ3n) is 2.62. The molecule has 0 atom stereocenters. The molecule has 1 aliphatic rings. The predicted octanol–water partition coefficient (Wildman–Crippen LogP) is 2.21. The van der Waals surface area contributed by atoms with Gasteiger partial charge in [-0.1, -0.05) is 13.8 Å². The zero-order valence-corrected chi connectivity index (χ0v) is 11.2. The Balaban J connectivity index is 1.96. The van der Waals surface area contributed by atoms with Crippen molar-refractivity contribution in [3.63, 3.8) is 0 Å². The van der Waals surface area contributed by atoms with Gasteiger partial charge in [0.15, 0.2) is 0 Å². The maximum Gasteiger partial charge on any atom is 0.0703 e. The van der Waals surface area contributed by atoms with Crippen LogP contribution in [-0.4, -0.2) is 38.5 Å². The van der Waals surface area contributed by atoms with Gasteiger partial charge in [0.05, 0.1) is 25.9 Å². The summed E-state index contributed by atoms with van der Waals surface area (Å²) in [6, 6.07) is 0.781. The van der Waals surface area contributed by atoms with Gasteiger partial charge in [-0.25, -0.2) is 0 Å². The molecule has 1 aliphatic carbocycles. The third kappa shape index (κ3) is 7.20. The molecule has 0 unspecified atom stereocenters. The molecule has 0 spiro atoms. The van der Waals surface area contributed by atoms with E-state index in [2.05, 4.69) is 19.2 Å². The van der Waals surface area contributed by atoms with Crippen molar-refractivity contribution < 1.29 is 9.47 Å². The average Bonchev–Trinajstić information content (AvgIpc) is 2.97. The predicted molar refractivity (Wildman–Crippen MR) is 66.7 cm³/mol. The maximum atomic E-state index is 5.64. The number of nitrogens with one attached hydrogen (secondary N) is 1. The Hall–Kier alpha value is -0.120. The van der Waals surface area contributed by atoms with Gasteiger partial charge in [-0.05, 0) is 26.7 Å². The lowest BCUT2D eigenvalue weighted by Crippen LogP contribution is -2.34. The number of hydrogen-bond acceptors (Lipinski definition) is 3. The van der Waals surface area contributed by atoms with Crippen LogP contribution < -0.4 is 5.32 Å². The van der Waals surface area contributed by atoms with Crippen LogP contribution in [0.2, 0.25) is 0 Å². The first-order valence-corrected chi connectivity index (χ1v) is 6.42. The van der Waals surface area contributed by atoms with Gasteiger partial charge >= 0.3 is 0 Å². The average molecular weight is 229 g/mol. The van der Waals surface area contributed by atoms with Gasteiger partial charge in [0.2, 0.25) is 0 Å². The van der Waals surface area contributed by atoms with E-state index in [4.69, 9.17) is 9.47 Å². The minimum absolute atomic E-state index is 0.223. The lowest BCUT2D eigenvalue weighted by Gasteiger charge is -2.25. The second-order valence-corrected chi connectivity index (χ2v) is 5.79. The molecular formula is C13H27NO2. The standard InChI is InChI=1S/C13H27NO2/c1-11(2)16-8-7-15-10-13(3,4)9-14-12-5-6-12/h11-12,14H,5-10H2,1-4H3. The molecule has 1 rings (SSSR count). The van der Waals surface area contributed by atoms with Crippen molar-refractivity contribution in [3.8, 4) is 0 Å². The fourth-order valence-corrected chi connectivity index (χ4v) is 1.45. The van der Waals surface area contributed by atoms with Crippen LogP contribution in [0.3, 0.4) is 0 Å². The molecule has 0 aromatic rings. The van der Waals surface area contributed by atoms with Crippen LogP contribution in [0.15, 0.2) is 0 Å². The summed E-state index contributed by atoms with van der Waals surface area (Å²) in [6.45, 7) is 11.8. The van der Waals surface area contributed by atoms with Crippen LogP contribution in [-0.2, 0) is 9.47 Å². The molecular weight excluding hydrogens is 202 g/mol. The Morgan fingerprint density at radius 2 is 1.94 bits per heavy atom. The van der Waals surface area contributed by atoms with E-state index in [1.54, 1.807) is 0 Å². The SMILES string of the molecule is CC(C)OCCOCC(C)(C)CNC1CC1. The Labute approximate surface area is 99.9 Å². The van der Waals surface area contributed by atoms with Crippen molar-refractivity contribution in [3.05, 3.63) is 0 Å². The van der Waals surface area contributed by atoms with Gasteiger partial charge in [0.1, 0.15) is 0 Å². The van der Waals surface area contributed by atoms with Gasteiger partial charge < -0.3 is 14.8 Å².